The third-order valence-corrected chi connectivity index (χ3v) is 0.918. The van der Waals surface area contributed by atoms with Gasteiger partial charge in [-0.1, -0.05) is 0 Å². The Morgan fingerprint density at radius 1 is 1.60 bits per heavy atom. The lowest BCUT2D eigenvalue weighted by atomic mass is 10.2. The van der Waals surface area contributed by atoms with E-state index in [4.69, 9.17) is 10.8 Å². The summed E-state index contributed by atoms with van der Waals surface area (Å²) in [6.45, 7) is 1.97. The molecular formula is C6H10N2O2. The summed E-state index contributed by atoms with van der Waals surface area (Å²) in [4.78, 5) is 10.7. The Hall–Kier alpha value is -1.19. The maximum absolute atomic E-state index is 10.7. The highest BCUT2D eigenvalue weighted by atomic mass is 16.5. The van der Waals surface area contributed by atoms with Crippen molar-refractivity contribution < 1.29 is 9.53 Å². The number of carbonyl (C=O) groups excluding carboxylic acids is 1. The van der Waals surface area contributed by atoms with Crippen molar-refractivity contribution in [3.63, 3.8) is 0 Å². The minimum atomic E-state index is -0.806. The van der Waals surface area contributed by atoms with Gasteiger partial charge in [-0.3, -0.25) is 4.79 Å². The van der Waals surface area contributed by atoms with Gasteiger partial charge >= 0.3 is 5.97 Å². The summed E-state index contributed by atoms with van der Waals surface area (Å²) in [5, 5.41) is 13.4. The zero-order valence-corrected chi connectivity index (χ0v) is 5.76. The van der Waals surface area contributed by atoms with Gasteiger partial charge in [-0.15, -0.1) is 0 Å². The van der Waals surface area contributed by atoms with E-state index in [1.165, 1.54) is 0 Å². The quantitative estimate of drug-likeness (QED) is 0.442. The van der Waals surface area contributed by atoms with Crippen LogP contribution in [-0.2, 0) is 9.53 Å². The Balaban J connectivity index is 3.88. The Morgan fingerprint density at radius 2 is 2.10 bits per heavy atom. The summed E-state index contributed by atoms with van der Waals surface area (Å²) in [6.07, 6.45) is 1.76. The summed E-state index contributed by atoms with van der Waals surface area (Å²) in [5.41, 5.74) is 0. The van der Waals surface area contributed by atoms with Gasteiger partial charge in [0, 0.05) is 12.4 Å². The number of nitrogens with one attached hydrogen (secondary N) is 2. The lowest BCUT2D eigenvalue weighted by molar-refractivity contribution is -0.143. The van der Waals surface area contributed by atoms with E-state index in [-0.39, 0.29) is 6.61 Å². The van der Waals surface area contributed by atoms with E-state index in [9.17, 15) is 4.79 Å². The molecule has 2 N–H and O–H groups in total. The summed E-state index contributed by atoms with van der Waals surface area (Å²) < 4.78 is 4.54. The van der Waals surface area contributed by atoms with Crippen LogP contribution in [0, 0.1) is 16.7 Å². The fraction of sp³-hybridized carbons (Fsp3) is 0.500. The number of carbonyl (C=O) groups is 1. The second-order valence-corrected chi connectivity index (χ2v) is 1.61. The normalized spacial score (nSPS) is 11.7. The Bertz CT molecular complexity index is 137. The average Bonchev–Trinajstić information content (AvgIpc) is 1.91. The van der Waals surface area contributed by atoms with Crippen LogP contribution >= 0.6 is 0 Å². The van der Waals surface area contributed by atoms with Crippen LogP contribution in [-0.4, -0.2) is 25.0 Å². The molecule has 0 atom stereocenters. The fourth-order valence-electron chi connectivity index (χ4n) is 0.423. The van der Waals surface area contributed by atoms with Gasteiger partial charge in [0.15, 0.2) is 0 Å². The van der Waals surface area contributed by atoms with Crippen LogP contribution in [0.15, 0.2) is 0 Å². The highest BCUT2D eigenvalue weighted by molar-refractivity contribution is 6.03. The zero-order valence-electron chi connectivity index (χ0n) is 5.76. The molecule has 0 fully saturated rings. The second-order valence-electron chi connectivity index (χ2n) is 1.61. The zero-order chi connectivity index (χ0) is 7.98. The summed E-state index contributed by atoms with van der Waals surface area (Å²) in [6, 6.07) is 0. The monoisotopic (exact) mass is 142 g/mol. The van der Waals surface area contributed by atoms with Crippen molar-refractivity contribution in [3.05, 3.63) is 0 Å². The molecule has 4 heteroatoms. The maximum Gasteiger partial charge on any atom is 0.319 e. The molecule has 0 amide bonds. The van der Waals surface area contributed by atoms with Gasteiger partial charge in [-0.25, -0.2) is 0 Å². The molecule has 0 aromatic rings. The largest absolute Gasteiger partial charge is 0.465 e. The maximum atomic E-state index is 10.7. The SMILES string of the molecule is CCOC(=O)C(C=N)C=N. The lowest BCUT2D eigenvalue weighted by Crippen LogP contribution is -2.19. The van der Waals surface area contributed by atoms with Crippen molar-refractivity contribution in [2.24, 2.45) is 5.92 Å². The molecule has 0 unspecified atom stereocenters. The van der Waals surface area contributed by atoms with Gasteiger partial charge in [0.1, 0.15) is 5.92 Å². The van der Waals surface area contributed by atoms with Crippen molar-refractivity contribution in [2.45, 2.75) is 6.92 Å². The van der Waals surface area contributed by atoms with E-state index >= 15 is 0 Å². The fourth-order valence-corrected chi connectivity index (χ4v) is 0.423. The molecule has 0 aromatic heterocycles. The number of hydrogen-bond donors (Lipinski definition) is 2. The number of hydrogen-bond acceptors (Lipinski definition) is 4. The standard InChI is InChI=1S/C6H10N2O2/c1-2-10-6(9)5(3-7)4-8/h3-5,7-8H,2H2,1H3. The molecule has 0 saturated heterocycles. The Kier molecular flexibility index (Phi) is 4.11. The van der Waals surface area contributed by atoms with Crippen LogP contribution in [0.5, 0.6) is 0 Å². The van der Waals surface area contributed by atoms with Crippen LogP contribution < -0.4 is 0 Å². The molecule has 4 nitrogen and oxygen atoms in total. The lowest BCUT2D eigenvalue weighted by Gasteiger charge is -2.02. The molecule has 10 heavy (non-hydrogen) atoms. The van der Waals surface area contributed by atoms with Gasteiger partial charge in [0.2, 0.25) is 0 Å². The molecule has 56 valence electrons. The Labute approximate surface area is 59.2 Å². The van der Waals surface area contributed by atoms with Crippen LogP contribution in [0.1, 0.15) is 6.92 Å². The van der Waals surface area contributed by atoms with Crippen LogP contribution in [0.2, 0.25) is 0 Å². The molecule has 0 saturated carbocycles. The van der Waals surface area contributed by atoms with Crippen LogP contribution in [0.3, 0.4) is 0 Å². The molecule has 0 bridgehead atoms. The van der Waals surface area contributed by atoms with Gasteiger partial charge in [-0.2, -0.15) is 0 Å². The predicted molar refractivity (Wildman–Crippen MR) is 37.7 cm³/mol. The molecule has 0 aliphatic heterocycles. The average molecular weight is 142 g/mol. The van der Waals surface area contributed by atoms with E-state index in [1.54, 1.807) is 6.92 Å². The highest BCUT2D eigenvalue weighted by Crippen LogP contribution is 1.91. The van der Waals surface area contributed by atoms with E-state index in [1.807, 2.05) is 0 Å². The number of ether oxygens (including phenoxy) is 1. The first kappa shape index (κ1) is 8.81. The topological polar surface area (TPSA) is 74.0 Å². The van der Waals surface area contributed by atoms with Crippen molar-refractivity contribution in [1.82, 2.24) is 0 Å². The summed E-state index contributed by atoms with van der Waals surface area (Å²) in [5.74, 6) is -1.34. The molecule has 0 radical (unpaired) electrons. The molecule has 0 aromatic carbocycles. The molecular weight excluding hydrogens is 132 g/mol. The van der Waals surface area contributed by atoms with Gasteiger partial charge in [-0.05, 0) is 6.92 Å². The van der Waals surface area contributed by atoms with Crippen LogP contribution in [0.25, 0.3) is 0 Å². The van der Waals surface area contributed by atoms with E-state index in [0.717, 1.165) is 12.4 Å². The molecule has 0 heterocycles. The summed E-state index contributed by atoms with van der Waals surface area (Å²) >= 11 is 0. The first-order valence-corrected chi connectivity index (χ1v) is 2.94. The van der Waals surface area contributed by atoms with E-state index in [0.29, 0.717) is 0 Å². The minimum Gasteiger partial charge on any atom is -0.465 e. The van der Waals surface area contributed by atoms with Crippen molar-refractivity contribution >= 4 is 18.4 Å². The predicted octanol–water partition coefficient (Wildman–Crippen LogP) is 0.465. The van der Waals surface area contributed by atoms with Gasteiger partial charge in [0.05, 0.1) is 6.61 Å². The van der Waals surface area contributed by atoms with Gasteiger partial charge in [0.25, 0.3) is 0 Å². The number of rotatable bonds is 4. The first-order valence-electron chi connectivity index (χ1n) is 2.94. The third-order valence-electron chi connectivity index (χ3n) is 0.918. The van der Waals surface area contributed by atoms with E-state index < -0.39 is 11.9 Å². The molecule has 0 spiro atoms. The Morgan fingerprint density at radius 3 is 2.40 bits per heavy atom. The summed E-state index contributed by atoms with van der Waals surface area (Å²) in [7, 11) is 0. The molecule has 0 aliphatic rings. The van der Waals surface area contributed by atoms with Crippen molar-refractivity contribution in [2.75, 3.05) is 6.61 Å². The second kappa shape index (κ2) is 4.67. The van der Waals surface area contributed by atoms with Crippen molar-refractivity contribution in [3.8, 4) is 0 Å². The van der Waals surface area contributed by atoms with Crippen LogP contribution in [0.4, 0.5) is 0 Å². The van der Waals surface area contributed by atoms with Crippen molar-refractivity contribution in [1.29, 1.82) is 10.8 Å². The third kappa shape index (κ3) is 2.39. The first-order chi connectivity index (χ1) is 4.76. The number of esters is 1. The minimum absolute atomic E-state index is 0.289. The molecule has 0 rings (SSSR count). The highest BCUT2D eigenvalue weighted by Gasteiger charge is 2.12. The van der Waals surface area contributed by atoms with E-state index in [2.05, 4.69) is 4.74 Å². The van der Waals surface area contributed by atoms with Gasteiger partial charge < -0.3 is 15.6 Å². The smallest absolute Gasteiger partial charge is 0.319 e. The molecule has 0 aliphatic carbocycles.